The molecule has 0 radical (unpaired) electrons. The highest BCUT2D eigenvalue weighted by Gasteiger charge is 2.25. The van der Waals surface area contributed by atoms with Crippen molar-refractivity contribution in [1.29, 1.82) is 0 Å². The topological polar surface area (TPSA) is 37.3 Å². The van der Waals surface area contributed by atoms with E-state index in [9.17, 15) is 4.79 Å². The number of carboxylic acid groups (broad SMARTS) is 1. The third-order valence-electron chi connectivity index (χ3n) is 1.67. The molecule has 0 aromatic heterocycles. The second-order valence-electron chi connectivity index (χ2n) is 2.40. The lowest BCUT2D eigenvalue weighted by Crippen LogP contribution is -2.24. The van der Waals surface area contributed by atoms with Crippen LogP contribution in [0.1, 0.15) is 12.8 Å². The highest BCUT2D eigenvalue weighted by Crippen LogP contribution is 2.25. The van der Waals surface area contributed by atoms with Crippen LogP contribution in [0.2, 0.25) is 0 Å². The van der Waals surface area contributed by atoms with Gasteiger partial charge in [-0.05, 0) is 12.8 Å². The Morgan fingerprint density at radius 3 is 2.50 bits per heavy atom. The van der Waals surface area contributed by atoms with Gasteiger partial charge in [0.05, 0.1) is 5.92 Å². The molecule has 0 bridgehead atoms. The van der Waals surface area contributed by atoms with E-state index in [2.05, 4.69) is 15.9 Å². The Morgan fingerprint density at radius 1 is 1.50 bits per heavy atom. The minimum atomic E-state index is -0.703. The predicted molar refractivity (Wildman–Crippen MR) is 42.2 cm³/mol. The van der Waals surface area contributed by atoms with Crippen molar-refractivity contribution in [3.63, 3.8) is 0 Å². The highest BCUT2D eigenvalue weighted by atomic mass is 79.9. The van der Waals surface area contributed by atoms with Gasteiger partial charge in [-0.2, -0.15) is 0 Å². The summed E-state index contributed by atoms with van der Waals surface area (Å²) in [4.78, 5) is 10.6. The fourth-order valence-corrected chi connectivity index (χ4v) is 1.69. The van der Waals surface area contributed by atoms with Crippen LogP contribution in [-0.4, -0.2) is 15.9 Å². The summed E-state index contributed by atoms with van der Waals surface area (Å²) in [6.45, 7) is 0. The zero-order chi connectivity index (χ0) is 7.56. The van der Waals surface area contributed by atoms with Gasteiger partial charge in [0.25, 0.3) is 0 Å². The summed E-state index contributed by atoms with van der Waals surface area (Å²) in [7, 11) is 0. The number of rotatable bonds is 1. The standard InChI is InChI=1S/C7H9BrO2/c8-6-4-2-1-3-5(6)7(9)10/h1-2,5-6H,3-4H2,(H,9,10). The van der Waals surface area contributed by atoms with Crippen LogP contribution in [0.3, 0.4) is 0 Å². The van der Waals surface area contributed by atoms with Crippen molar-refractivity contribution in [3.05, 3.63) is 12.2 Å². The van der Waals surface area contributed by atoms with Crippen molar-refractivity contribution in [2.45, 2.75) is 17.7 Å². The Balaban J connectivity index is 2.59. The van der Waals surface area contributed by atoms with Crippen LogP contribution in [0.25, 0.3) is 0 Å². The molecule has 0 aliphatic heterocycles. The molecule has 0 aromatic carbocycles. The first kappa shape index (κ1) is 7.79. The summed E-state index contributed by atoms with van der Waals surface area (Å²) in [5.41, 5.74) is 0. The molecule has 1 rings (SSSR count). The minimum Gasteiger partial charge on any atom is -0.481 e. The van der Waals surface area contributed by atoms with Gasteiger partial charge in [-0.1, -0.05) is 28.1 Å². The average molecular weight is 205 g/mol. The molecule has 0 amide bonds. The van der Waals surface area contributed by atoms with Crippen LogP contribution in [0.4, 0.5) is 0 Å². The van der Waals surface area contributed by atoms with E-state index in [0.29, 0.717) is 6.42 Å². The normalized spacial score (nSPS) is 32.1. The SMILES string of the molecule is O=C(O)C1CC=CCC1Br. The third kappa shape index (κ3) is 1.59. The Bertz CT molecular complexity index is 165. The van der Waals surface area contributed by atoms with E-state index >= 15 is 0 Å². The van der Waals surface area contributed by atoms with Crippen molar-refractivity contribution in [3.8, 4) is 0 Å². The van der Waals surface area contributed by atoms with Gasteiger partial charge >= 0.3 is 5.97 Å². The van der Waals surface area contributed by atoms with E-state index in [1.54, 1.807) is 0 Å². The molecule has 0 saturated carbocycles. The molecule has 0 saturated heterocycles. The molecule has 2 unspecified atom stereocenters. The molecule has 1 aliphatic carbocycles. The molecule has 2 atom stereocenters. The van der Waals surface area contributed by atoms with E-state index in [4.69, 9.17) is 5.11 Å². The summed E-state index contributed by atoms with van der Waals surface area (Å²) in [5, 5.41) is 8.64. The Morgan fingerprint density at radius 2 is 2.10 bits per heavy atom. The maximum Gasteiger partial charge on any atom is 0.307 e. The molecule has 0 spiro atoms. The fourth-order valence-electron chi connectivity index (χ4n) is 1.04. The lowest BCUT2D eigenvalue weighted by atomic mass is 9.95. The molecule has 2 nitrogen and oxygen atoms in total. The van der Waals surface area contributed by atoms with E-state index in [0.717, 1.165) is 6.42 Å². The Labute approximate surface area is 68.1 Å². The number of carbonyl (C=O) groups is 1. The van der Waals surface area contributed by atoms with Gasteiger partial charge in [0.1, 0.15) is 0 Å². The number of hydrogen-bond donors (Lipinski definition) is 1. The van der Waals surface area contributed by atoms with Gasteiger partial charge in [0, 0.05) is 4.83 Å². The highest BCUT2D eigenvalue weighted by molar-refractivity contribution is 9.09. The van der Waals surface area contributed by atoms with Crippen LogP contribution < -0.4 is 0 Å². The molecule has 0 heterocycles. The third-order valence-corrected chi connectivity index (χ3v) is 2.68. The van der Waals surface area contributed by atoms with Crippen LogP contribution in [-0.2, 0) is 4.79 Å². The second kappa shape index (κ2) is 3.19. The van der Waals surface area contributed by atoms with Crippen molar-refractivity contribution in [2.24, 2.45) is 5.92 Å². The number of hydrogen-bond acceptors (Lipinski definition) is 1. The van der Waals surface area contributed by atoms with Crippen molar-refractivity contribution in [1.82, 2.24) is 0 Å². The van der Waals surface area contributed by atoms with E-state index < -0.39 is 5.97 Å². The molecule has 10 heavy (non-hydrogen) atoms. The van der Waals surface area contributed by atoms with Gasteiger partial charge in [0.15, 0.2) is 0 Å². The largest absolute Gasteiger partial charge is 0.481 e. The lowest BCUT2D eigenvalue weighted by molar-refractivity contribution is -0.141. The van der Waals surface area contributed by atoms with Crippen molar-refractivity contribution in [2.75, 3.05) is 0 Å². The summed E-state index contributed by atoms with van der Waals surface area (Å²) >= 11 is 3.32. The van der Waals surface area contributed by atoms with Gasteiger partial charge < -0.3 is 5.11 Å². The van der Waals surface area contributed by atoms with E-state index in [-0.39, 0.29) is 10.7 Å². The van der Waals surface area contributed by atoms with Gasteiger partial charge in [-0.25, -0.2) is 0 Å². The van der Waals surface area contributed by atoms with Crippen molar-refractivity contribution < 1.29 is 9.90 Å². The van der Waals surface area contributed by atoms with Crippen LogP contribution in [0.5, 0.6) is 0 Å². The fraction of sp³-hybridized carbons (Fsp3) is 0.571. The first-order chi connectivity index (χ1) is 4.72. The molecular weight excluding hydrogens is 196 g/mol. The number of halogens is 1. The zero-order valence-electron chi connectivity index (χ0n) is 5.46. The maximum absolute atomic E-state index is 10.5. The second-order valence-corrected chi connectivity index (χ2v) is 3.58. The predicted octanol–water partition coefficient (Wildman–Crippen LogP) is 1.80. The maximum atomic E-state index is 10.5. The average Bonchev–Trinajstić information content (AvgIpc) is 1.88. The van der Waals surface area contributed by atoms with Crippen molar-refractivity contribution >= 4 is 21.9 Å². The molecule has 1 N–H and O–H groups in total. The minimum absolute atomic E-state index is 0.120. The molecule has 56 valence electrons. The number of alkyl halides is 1. The Hall–Kier alpha value is -0.310. The van der Waals surface area contributed by atoms with Crippen LogP contribution in [0, 0.1) is 5.92 Å². The molecule has 0 fully saturated rings. The molecule has 0 aromatic rings. The number of aliphatic carboxylic acids is 1. The van der Waals surface area contributed by atoms with Crippen LogP contribution in [0.15, 0.2) is 12.2 Å². The van der Waals surface area contributed by atoms with E-state index in [1.807, 2.05) is 12.2 Å². The lowest BCUT2D eigenvalue weighted by Gasteiger charge is -2.18. The quantitative estimate of drug-likeness (QED) is 0.523. The first-order valence-electron chi connectivity index (χ1n) is 3.23. The van der Waals surface area contributed by atoms with Gasteiger partial charge in [-0.15, -0.1) is 0 Å². The first-order valence-corrected chi connectivity index (χ1v) is 4.15. The molecular formula is C7H9BrO2. The molecule has 1 aliphatic rings. The molecule has 3 heteroatoms. The summed E-state index contributed by atoms with van der Waals surface area (Å²) in [5.74, 6) is -0.934. The van der Waals surface area contributed by atoms with Gasteiger partial charge in [0.2, 0.25) is 0 Å². The number of carboxylic acids is 1. The zero-order valence-corrected chi connectivity index (χ0v) is 7.04. The summed E-state index contributed by atoms with van der Waals surface area (Å²) < 4.78 is 0. The summed E-state index contributed by atoms with van der Waals surface area (Å²) in [6, 6.07) is 0. The smallest absolute Gasteiger partial charge is 0.307 e. The Kier molecular flexibility index (Phi) is 2.49. The summed E-state index contributed by atoms with van der Waals surface area (Å²) in [6.07, 6.45) is 5.43. The monoisotopic (exact) mass is 204 g/mol. The van der Waals surface area contributed by atoms with Gasteiger partial charge in [-0.3, -0.25) is 4.79 Å². The number of allylic oxidation sites excluding steroid dienone is 2. The van der Waals surface area contributed by atoms with E-state index in [1.165, 1.54) is 0 Å². The van der Waals surface area contributed by atoms with Crippen LogP contribution >= 0.6 is 15.9 Å².